The molecule has 0 spiro atoms. The summed E-state index contributed by atoms with van der Waals surface area (Å²) in [5, 5.41) is 16.9. The summed E-state index contributed by atoms with van der Waals surface area (Å²) >= 11 is 7.80. The largest absolute Gasteiger partial charge is 0.501 e. The number of likely N-dealkylation sites (tertiary alicyclic amines) is 2. The second-order valence-corrected chi connectivity index (χ2v) is 23.1. The van der Waals surface area contributed by atoms with Crippen LogP contribution in [0.2, 0.25) is 5.02 Å². The summed E-state index contributed by atoms with van der Waals surface area (Å²) in [5.74, 6) is -0.305. The minimum Gasteiger partial charge on any atom is -0.390 e. The van der Waals surface area contributed by atoms with Crippen molar-refractivity contribution in [1.29, 1.82) is 0 Å². The average molecular weight is 1070 g/mol. The first-order valence-electron chi connectivity index (χ1n) is 25.0. The molecule has 9 rings (SSSR count). The van der Waals surface area contributed by atoms with Gasteiger partial charge >= 0.3 is 5.51 Å². The number of rotatable bonds is 16. The van der Waals surface area contributed by atoms with Crippen LogP contribution in [0.4, 0.5) is 35.9 Å². The van der Waals surface area contributed by atoms with Gasteiger partial charge in [0.2, 0.25) is 0 Å². The molecule has 2 amide bonds. The highest BCUT2D eigenvalue weighted by Gasteiger charge is 2.48. The summed E-state index contributed by atoms with van der Waals surface area (Å²) in [4.78, 5) is 36.3. The van der Waals surface area contributed by atoms with Gasteiger partial charge in [0.1, 0.15) is 4.90 Å². The van der Waals surface area contributed by atoms with Gasteiger partial charge in [-0.1, -0.05) is 54.1 Å². The van der Waals surface area contributed by atoms with Crippen LogP contribution in [0.1, 0.15) is 59.0 Å². The quantitative estimate of drug-likeness (QED) is 0.0806. The van der Waals surface area contributed by atoms with Crippen molar-refractivity contribution in [3.05, 3.63) is 143 Å². The van der Waals surface area contributed by atoms with E-state index in [1.807, 2.05) is 91.7 Å². The molecule has 6 aromatic rings. The van der Waals surface area contributed by atoms with Crippen LogP contribution in [0.5, 0.6) is 0 Å². The number of aliphatic hydroxyl groups is 1. The molecule has 1 aromatic heterocycles. The minimum absolute atomic E-state index is 0.0348. The zero-order chi connectivity index (χ0) is 52.4. The van der Waals surface area contributed by atoms with E-state index in [0.717, 1.165) is 69.9 Å². The molecule has 0 bridgehead atoms. The van der Waals surface area contributed by atoms with E-state index in [1.54, 1.807) is 19.1 Å². The third-order valence-corrected chi connectivity index (χ3v) is 17.5. The number of hydrogen-bond acceptors (Lipinski definition) is 10. The molecule has 3 saturated heterocycles. The molecule has 3 aliphatic heterocycles. The Morgan fingerprint density at radius 1 is 0.797 bits per heavy atom. The Bertz CT molecular complexity index is 3080. The predicted molar refractivity (Wildman–Crippen MR) is 291 cm³/mol. The van der Waals surface area contributed by atoms with Crippen LogP contribution in [-0.4, -0.2) is 122 Å². The second kappa shape index (κ2) is 22.1. The molecule has 74 heavy (non-hydrogen) atoms. The van der Waals surface area contributed by atoms with Crippen molar-refractivity contribution in [3.8, 4) is 22.4 Å². The number of sulfone groups is 1. The maximum absolute atomic E-state index is 14.3. The van der Waals surface area contributed by atoms with Crippen molar-refractivity contribution in [2.24, 2.45) is 7.05 Å². The van der Waals surface area contributed by atoms with Gasteiger partial charge in [0.15, 0.2) is 0 Å². The second-order valence-electron chi connectivity index (χ2n) is 19.7. The van der Waals surface area contributed by atoms with Crippen LogP contribution in [0.25, 0.3) is 22.4 Å². The van der Waals surface area contributed by atoms with Gasteiger partial charge in [-0.3, -0.25) is 9.59 Å². The molecule has 0 aliphatic carbocycles. The summed E-state index contributed by atoms with van der Waals surface area (Å²) in [5.41, 5.74) is 0.839. The number of piperazine rings is 1. The van der Waals surface area contributed by atoms with E-state index < -0.39 is 37.8 Å². The molecule has 4 heterocycles. The van der Waals surface area contributed by atoms with Crippen LogP contribution in [0.15, 0.2) is 131 Å². The van der Waals surface area contributed by atoms with Crippen LogP contribution in [0.3, 0.4) is 0 Å². The number of alkyl halides is 3. The first-order chi connectivity index (χ1) is 35.3. The number of amides is 2. The Morgan fingerprint density at radius 3 is 2.09 bits per heavy atom. The molecule has 0 radical (unpaired) electrons. The van der Waals surface area contributed by atoms with E-state index in [9.17, 15) is 36.3 Å². The molecule has 1 atom stereocenters. The SMILES string of the molecule is Cc1c(C(=O)N2CCC2)c(-c2cccc(N3CCN(c4ccc(NC(=O)c5ccc(N[C@H](CCN6CCC(C)(O)CC6)CSc6ccccc6)c(S(=O)(=O)C(F)(F)F)c5)cc4)CC3)c2)c(-c2ccc(Cl)cc2)n1C. The van der Waals surface area contributed by atoms with E-state index >= 15 is 0 Å². The van der Waals surface area contributed by atoms with Crippen molar-refractivity contribution in [3.63, 3.8) is 0 Å². The average Bonchev–Trinajstić information content (AvgIpc) is 3.64. The third-order valence-electron chi connectivity index (χ3n) is 14.6. The van der Waals surface area contributed by atoms with E-state index in [1.165, 1.54) is 23.9 Å². The lowest BCUT2D eigenvalue weighted by atomic mass is 9.94. The maximum atomic E-state index is 14.3. The lowest BCUT2D eigenvalue weighted by molar-refractivity contribution is -0.0436. The molecule has 0 saturated carbocycles. The highest BCUT2D eigenvalue weighted by molar-refractivity contribution is 7.99. The molecule has 390 valence electrons. The number of thioether (sulfide) groups is 1. The molecule has 3 fully saturated rings. The minimum atomic E-state index is -5.89. The van der Waals surface area contributed by atoms with Crippen LogP contribution >= 0.6 is 23.4 Å². The summed E-state index contributed by atoms with van der Waals surface area (Å²) in [7, 11) is -3.89. The Balaban J connectivity index is 0.875. The Kier molecular flexibility index (Phi) is 15.8. The Morgan fingerprint density at radius 2 is 1.46 bits per heavy atom. The monoisotopic (exact) mass is 1070 g/mol. The van der Waals surface area contributed by atoms with Crippen LogP contribution in [0, 0.1) is 6.92 Å². The van der Waals surface area contributed by atoms with E-state index in [2.05, 4.69) is 48.1 Å². The number of halogens is 4. The summed E-state index contributed by atoms with van der Waals surface area (Å²) in [6, 6.07) is 35.6. The number of hydrogen-bond donors (Lipinski definition) is 3. The third kappa shape index (κ3) is 11.8. The number of carbonyl (C=O) groups is 2. The molecule has 5 aromatic carbocycles. The topological polar surface area (TPSA) is 130 Å². The summed E-state index contributed by atoms with van der Waals surface area (Å²) in [6.45, 7) is 10.0. The van der Waals surface area contributed by atoms with E-state index in [4.69, 9.17) is 11.6 Å². The van der Waals surface area contributed by atoms with E-state index in [-0.39, 0.29) is 17.2 Å². The number of nitrogens with one attached hydrogen (secondary N) is 2. The van der Waals surface area contributed by atoms with Crippen molar-refractivity contribution >= 4 is 67.8 Å². The molecule has 0 unspecified atom stereocenters. The van der Waals surface area contributed by atoms with Gasteiger partial charge in [-0.05, 0) is 130 Å². The lowest BCUT2D eigenvalue weighted by Crippen LogP contribution is -2.46. The van der Waals surface area contributed by atoms with Crippen molar-refractivity contribution < 1.29 is 36.3 Å². The van der Waals surface area contributed by atoms with E-state index in [0.29, 0.717) is 87.1 Å². The number of benzene rings is 5. The number of nitrogens with zero attached hydrogens (tertiary/aromatic N) is 5. The lowest BCUT2D eigenvalue weighted by Gasteiger charge is -2.37. The Labute approximate surface area is 440 Å². The summed E-state index contributed by atoms with van der Waals surface area (Å²) in [6.07, 6.45) is 2.66. The van der Waals surface area contributed by atoms with Crippen LogP contribution in [-0.2, 0) is 16.9 Å². The van der Waals surface area contributed by atoms with Crippen molar-refractivity contribution in [2.75, 3.05) is 85.1 Å². The number of carbonyl (C=O) groups excluding carboxylic acids is 2. The normalized spacial score (nSPS) is 16.7. The van der Waals surface area contributed by atoms with Gasteiger partial charge < -0.3 is 39.9 Å². The van der Waals surface area contributed by atoms with Crippen molar-refractivity contribution in [1.82, 2.24) is 14.4 Å². The standard InChI is InChI=1S/C56H61ClF3N7O5S2/c1-38-50(54(69)67-26-8-27-67)51(52(63(38)3)39-13-16-42(57)17-14-39)40-9-7-10-46(35-40)66-33-31-65(32-34-66)45-20-18-43(19-21-45)62-53(68)41-15-22-48(49(36-41)74(71,72)56(58,59)60)61-44(37-73-47-11-5-4-6-12-47)23-28-64-29-24-55(2,70)25-30-64/h4-7,9-22,35-36,44,61,70H,8,23-34,37H2,1-3H3,(H,62,68)/t44-/m1/s1. The highest BCUT2D eigenvalue weighted by Crippen LogP contribution is 2.42. The molecule has 3 aliphatic rings. The highest BCUT2D eigenvalue weighted by atomic mass is 35.5. The van der Waals surface area contributed by atoms with Crippen LogP contribution < -0.4 is 20.4 Å². The molecular weight excluding hydrogens is 1010 g/mol. The van der Waals surface area contributed by atoms with Gasteiger partial charge in [0.25, 0.3) is 21.7 Å². The van der Waals surface area contributed by atoms with Gasteiger partial charge in [-0.2, -0.15) is 13.2 Å². The molecule has 12 nitrogen and oxygen atoms in total. The van der Waals surface area contributed by atoms with Gasteiger partial charge in [0, 0.05) is 122 Å². The first-order valence-corrected chi connectivity index (χ1v) is 27.8. The van der Waals surface area contributed by atoms with Gasteiger partial charge in [-0.25, -0.2) is 8.42 Å². The smallest absolute Gasteiger partial charge is 0.390 e. The van der Waals surface area contributed by atoms with Gasteiger partial charge in [0.05, 0.1) is 22.5 Å². The molecule has 3 N–H and O–H groups in total. The molecular formula is C56H61ClF3N7O5S2. The Hall–Kier alpha value is -5.98. The maximum Gasteiger partial charge on any atom is 0.501 e. The zero-order valence-corrected chi connectivity index (χ0v) is 44.1. The fraction of sp³-hybridized carbons (Fsp3) is 0.357. The zero-order valence-electron chi connectivity index (χ0n) is 41.7. The predicted octanol–water partition coefficient (Wildman–Crippen LogP) is 10.8. The number of anilines is 4. The number of aromatic nitrogens is 1. The fourth-order valence-electron chi connectivity index (χ4n) is 9.87. The first kappa shape index (κ1) is 52.9. The van der Waals surface area contributed by atoms with Crippen molar-refractivity contribution in [2.45, 2.75) is 66.5 Å². The fourth-order valence-corrected chi connectivity index (χ4v) is 11.9. The van der Waals surface area contributed by atoms with Gasteiger partial charge in [-0.15, -0.1) is 11.8 Å². The number of piperidine rings is 1. The molecule has 18 heteroatoms. The summed E-state index contributed by atoms with van der Waals surface area (Å²) < 4.78 is 71.4.